The molecule has 2 saturated heterocycles. The van der Waals surface area contributed by atoms with Crippen molar-refractivity contribution in [3.63, 3.8) is 0 Å². The minimum Gasteiger partial charge on any atom is -0.338 e. The van der Waals surface area contributed by atoms with E-state index in [4.69, 9.17) is 0 Å². The summed E-state index contributed by atoms with van der Waals surface area (Å²) in [6.07, 6.45) is 2.46. The summed E-state index contributed by atoms with van der Waals surface area (Å²) in [6, 6.07) is 13.6. The molecule has 2 aromatic rings. The fourth-order valence-electron chi connectivity index (χ4n) is 4.18. The average Bonchev–Trinajstić information content (AvgIpc) is 3.16. The van der Waals surface area contributed by atoms with Gasteiger partial charge in [-0.2, -0.15) is 0 Å². The van der Waals surface area contributed by atoms with Crippen molar-refractivity contribution < 1.29 is 14.0 Å². The van der Waals surface area contributed by atoms with Crippen LogP contribution in [0.1, 0.15) is 46.0 Å². The van der Waals surface area contributed by atoms with E-state index in [1.807, 2.05) is 45.8 Å². The van der Waals surface area contributed by atoms with E-state index in [0.29, 0.717) is 25.2 Å². The molecule has 2 aromatic carbocycles. The quantitative estimate of drug-likeness (QED) is 0.758. The third-order valence-corrected chi connectivity index (χ3v) is 7.51. The van der Waals surface area contributed by atoms with Gasteiger partial charge in [0.05, 0.1) is 4.87 Å². The van der Waals surface area contributed by atoms with Crippen molar-refractivity contribution in [1.29, 1.82) is 0 Å². The van der Waals surface area contributed by atoms with Gasteiger partial charge in [0.15, 0.2) is 0 Å². The molecule has 0 bridgehead atoms. The highest BCUT2D eigenvalue weighted by Gasteiger charge is 2.47. The van der Waals surface area contributed by atoms with Crippen LogP contribution in [0.3, 0.4) is 0 Å². The number of nitrogens with zero attached hydrogens (tertiary/aromatic N) is 2. The molecule has 0 atom stereocenters. The van der Waals surface area contributed by atoms with Gasteiger partial charge >= 0.3 is 0 Å². The van der Waals surface area contributed by atoms with Crippen LogP contribution >= 0.6 is 11.8 Å². The van der Waals surface area contributed by atoms with Gasteiger partial charge in [-0.3, -0.25) is 9.59 Å². The van der Waals surface area contributed by atoms with Crippen molar-refractivity contribution in [3.8, 4) is 0 Å². The molecule has 2 fully saturated rings. The minimum atomic E-state index is -0.342. The molecule has 0 aromatic heterocycles. The second kappa shape index (κ2) is 8.19. The number of halogens is 1. The summed E-state index contributed by atoms with van der Waals surface area (Å²) >= 11 is 1.81. The lowest BCUT2D eigenvalue weighted by Gasteiger charge is -2.44. The van der Waals surface area contributed by atoms with Gasteiger partial charge in [-0.05, 0) is 61.2 Å². The second-order valence-corrected chi connectivity index (χ2v) is 9.06. The summed E-state index contributed by atoms with van der Waals surface area (Å²) in [7, 11) is 0. The smallest absolute Gasteiger partial charge is 0.254 e. The third-order valence-electron chi connectivity index (χ3n) is 5.95. The fraction of sp³-hybridized carbons (Fsp3) is 0.391. The van der Waals surface area contributed by atoms with E-state index in [0.717, 1.165) is 30.6 Å². The number of likely N-dealkylation sites (tertiary alicyclic amines) is 1. The Bertz CT molecular complexity index is 890. The number of rotatable bonds is 3. The van der Waals surface area contributed by atoms with Crippen LogP contribution in [0.15, 0.2) is 48.5 Å². The molecule has 2 aliphatic heterocycles. The van der Waals surface area contributed by atoms with Crippen LogP contribution in [0.25, 0.3) is 0 Å². The van der Waals surface area contributed by atoms with Crippen LogP contribution in [0.5, 0.6) is 0 Å². The van der Waals surface area contributed by atoms with Gasteiger partial charge in [0, 0.05) is 36.5 Å². The average molecular weight is 413 g/mol. The normalized spacial score (nSPS) is 18.3. The lowest BCUT2D eigenvalue weighted by molar-refractivity contribution is 0.0498. The highest BCUT2D eigenvalue weighted by Crippen LogP contribution is 2.44. The van der Waals surface area contributed by atoms with Crippen LogP contribution in [-0.2, 0) is 6.42 Å². The molecule has 2 heterocycles. The molecule has 2 amide bonds. The van der Waals surface area contributed by atoms with Crippen molar-refractivity contribution in [2.24, 2.45) is 0 Å². The first-order valence-electron chi connectivity index (χ1n) is 10.1. The first kappa shape index (κ1) is 20.0. The van der Waals surface area contributed by atoms with Gasteiger partial charge in [0.1, 0.15) is 5.82 Å². The molecule has 4 nitrogen and oxygen atoms in total. The largest absolute Gasteiger partial charge is 0.338 e. The Morgan fingerprint density at radius 1 is 0.931 bits per heavy atom. The Kier molecular flexibility index (Phi) is 5.63. The highest BCUT2D eigenvalue weighted by molar-refractivity contribution is 8.00. The molecule has 0 aliphatic carbocycles. The standard InChI is InChI=1S/C23H25FN2O2S/c1-2-17-3-5-18(6-4-17)21(27)25-13-11-23(12-14-25)26(15-16-29-23)22(28)19-7-9-20(24)10-8-19/h3-10H,2,11-16H2,1H3. The Labute approximate surface area is 175 Å². The third kappa shape index (κ3) is 3.90. The molecule has 29 heavy (non-hydrogen) atoms. The number of hydrogen-bond donors (Lipinski definition) is 0. The minimum absolute atomic E-state index is 0.0510. The van der Waals surface area contributed by atoms with E-state index in [2.05, 4.69) is 6.92 Å². The summed E-state index contributed by atoms with van der Waals surface area (Å²) in [5.41, 5.74) is 2.45. The summed E-state index contributed by atoms with van der Waals surface area (Å²) < 4.78 is 13.2. The zero-order valence-electron chi connectivity index (χ0n) is 16.6. The van der Waals surface area contributed by atoms with Gasteiger partial charge in [-0.1, -0.05) is 19.1 Å². The van der Waals surface area contributed by atoms with Gasteiger partial charge < -0.3 is 9.80 Å². The van der Waals surface area contributed by atoms with E-state index >= 15 is 0 Å². The van der Waals surface area contributed by atoms with Crippen LogP contribution in [0, 0.1) is 5.82 Å². The maximum Gasteiger partial charge on any atom is 0.254 e. The Morgan fingerprint density at radius 2 is 1.52 bits per heavy atom. The molecular formula is C23H25FN2O2S. The van der Waals surface area contributed by atoms with Crippen LogP contribution in [0.2, 0.25) is 0 Å². The lowest BCUT2D eigenvalue weighted by Crippen LogP contribution is -2.53. The Hall–Kier alpha value is -2.34. The summed E-state index contributed by atoms with van der Waals surface area (Å²) in [4.78, 5) is 29.5. The van der Waals surface area contributed by atoms with Gasteiger partial charge in [0.2, 0.25) is 0 Å². The van der Waals surface area contributed by atoms with E-state index in [1.54, 1.807) is 12.1 Å². The molecule has 0 N–H and O–H groups in total. The number of carbonyl (C=O) groups excluding carboxylic acids is 2. The first-order valence-corrected chi connectivity index (χ1v) is 11.1. The zero-order chi connectivity index (χ0) is 20.4. The maximum atomic E-state index is 13.2. The molecular weight excluding hydrogens is 387 g/mol. The molecule has 6 heteroatoms. The number of amides is 2. The molecule has 4 rings (SSSR count). The highest BCUT2D eigenvalue weighted by atomic mass is 32.2. The van der Waals surface area contributed by atoms with Crippen molar-refractivity contribution in [3.05, 3.63) is 71.0 Å². The Morgan fingerprint density at radius 3 is 2.14 bits per heavy atom. The van der Waals surface area contributed by atoms with Crippen molar-refractivity contribution >= 4 is 23.6 Å². The van der Waals surface area contributed by atoms with E-state index < -0.39 is 0 Å². The monoisotopic (exact) mass is 412 g/mol. The number of benzene rings is 2. The summed E-state index contributed by atoms with van der Waals surface area (Å²) in [5, 5.41) is 0. The van der Waals surface area contributed by atoms with E-state index in [1.165, 1.54) is 17.7 Å². The van der Waals surface area contributed by atoms with Crippen LogP contribution in [-0.4, -0.2) is 51.9 Å². The molecule has 152 valence electrons. The van der Waals surface area contributed by atoms with Gasteiger partial charge in [-0.25, -0.2) is 4.39 Å². The van der Waals surface area contributed by atoms with Gasteiger partial charge in [-0.15, -0.1) is 11.8 Å². The number of hydrogen-bond acceptors (Lipinski definition) is 3. The fourth-order valence-corrected chi connectivity index (χ4v) is 5.64. The van der Waals surface area contributed by atoms with Crippen molar-refractivity contribution in [2.45, 2.75) is 31.1 Å². The topological polar surface area (TPSA) is 40.6 Å². The van der Waals surface area contributed by atoms with Crippen molar-refractivity contribution in [2.75, 3.05) is 25.4 Å². The second-order valence-electron chi connectivity index (χ2n) is 7.60. The number of aryl methyl sites for hydroxylation is 1. The summed E-state index contributed by atoms with van der Waals surface area (Å²) in [5.74, 6) is 0.553. The molecule has 2 aliphatic rings. The number of piperidine rings is 1. The molecule has 0 unspecified atom stereocenters. The predicted molar refractivity (Wildman–Crippen MR) is 114 cm³/mol. The van der Waals surface area contributed by atoms with Crippen molar-refractivity contribution in [1.82, 2.24) is 9.80 Å². The SMILES string of the molecule is CCc1ccc(C(=O)N2CCC3(CC2)SCCN3C(=O)c2ccc(F)cc2)cc1. The number of carbonyl (C=O) groups is 2. The van der Waals surface area contributed by atoms with E-state index in [9.17, 15) is 14.0 Å². The molecule has 1 spiro atoms. The van der Waals surface area contributed by atoms with Crippen LogP contribution in [0.4, 0.5) is 4.39 Å². The van der Waals surface area contributed by atoms with Gasteiger partial charge in [0.25, 0.3) is 11.8 Å². The summed E-state index contributed by atoms with van der Waals surface area (Å²) in [6.45, 7) is 4.05. The molecule has 0 radical (unpaired) electrons. The zero-order valence-corrected chi connectivity index (χ0v) is 17.4. The first-order chi connectivity index (χ1) is 14.0. The lowest BCUT2D eigenvalue weighted by atomic mass is 9.99. The van der Waals surface area contributed by atoms with Crippen LogP contribution < -0.4 is 0 Å². The predicted octanol–water partition coefficient (Wildman–Crippen LogP) is 4.21. The maximum absolute atomic E-state index is 13.2. The molecule has 0 saturated carbocycles. The van der Waals surface area contributed by atoms with E-state index in [-0.39, 0.29) is 22.5 Å². The Balaban J connectivity index is 1.44. The number of thioether (sulfide) groups is 1.